The minimum atomic E-state index is -0.419. The lowest BCUT2D eigenvalue weighted by Crippen LogP contribution is -2.25. The van der Waals surface area contributed by atoms with Gasteiger partial charge in [-0.3, -0.25) is 4.79 Å². The third-order valence-electron chi connectivity index (χ3n) is 4.10. The molecule has 0 aromatic carbocycles. The zero-order chi connectivity index (χ0) is 19.1. The Hall–Kier alpha value is -2.92. The Morgan fingerprint density at radius 1 is 1.48 bits per heavy atom. The van der Waals surface area contributed by atoms with Crippen LogP contribution in [-0.2, 0) is 20.0 Å². The second-order valence-electron chi connectivity index (χ2n) is 5.82. The Balaban J connectivity index is 1.79. The quantitative estimate of drug-likeness (QED) is 0.495. The lowest BCUT2D eigenvalue weighted by atomic mass is 10.3. The number of nitrogens with zero attached hydrogens (tertiary/aromatic N) is 5. The van der Waals surface area contributed by atoms with Crippen molar-refractivity contribution in [3.63, 3.8) is 0 Å². The van der Waals surface area contributed by atoms with E-state index in [0.29, 0.717) is 28.7 Å². The van der Waals surface area contributed by atoms with Crippen LogP contribution >= 0.6 is 22.7 Å². The first-order chi connectivity index (χ1) is 13.0. The molecule has 0 aliphatic carbocycles. The number of rotatable bonds is 5. The number of thiazole rings is 2. The highest BCUT2D eigenvalue weighted by Gasteiger charge is 2.19. The van der Waals surface area contributed by atoms with E-state index >= 15 is 0 Å². The van der Waals surface area contributed by atoms with Gasteiger partial charge in [0.15, 0.2) is 5.65 Å². The van der Waals surface area contributed by atoms with E-state index in [9.17, 15) is 9.18 Å². The van der Waals surface area contributed by atoms with Crippen molar-refractivity contribution in [1.29, 1.82) is 5.41 Å². The first kappa shape index (κ1) is 17.5. The molecule has 4 aromatic rings. The monoisotopic (exact) mass is 403 g/mol. The highest BCUT2D eigenvalue weighted by Crippen LogP contribution is 2.31. The summed E-state index contributed by atoms with van der Waals surface area (Å²) in [6.45, 7) is -0.0236. The Morgan fingerprint density at radius 3 is 3.00 bits per heavy atom. The summed E-state index contributed by atoms with van der Waals surface area (Å²) in [4.78, 5) is 21.3. The summed E-state index contributed by atoms with van der Waals surface area (Å²) >= 11 is 2.30. The van der Waals surface area contributed by atoms with Gasteiger partial charge in [-0.25, -0.2) is 14.6 Å². The van der Waals surface area contributed by atoms with E-state index in [0.717, 1.165) is 21.0 Å². The fourth-order valence-electron chi connectivity index (χ4n) is 2.86. The summed E-state index contributed by atoms with van der Waals surface area (Å²) in [6, 6.07) is 0. The van der Waals surface area contributed by atoms with Gasteiger partial charge in [0.25, 0.3) is 5.56 Å². The van der Waals surface area contributed by atoms with Crippen molar-refractivity contribution in [2.75, 3.05) is 0 Å². The molecule has 4 heterocycles. The van der Waals surface area contributed by atoms with Crippen LogP contribution in [0.4, 0.5) is 4.39 Å². The molecule has 0 fully saturated rings. The van der Waals surface area contributed by atoms with Gasteiger partial charge in [-0.1, -0.05) is 11.3 Å². The van der Waals surface area contributed by atoms with Crippen LogP contribution < -0.4 is 11.3 Å². The molecular formula is C16H14FN7OS2. The number of nitrogens with one attached hydrogen (secondary N) is 1. The molecule has 0 saturated carbocycles. The number of hydrogen-bond acceptors (Lipinski definition) is 8. The van der Waals surface area contributed by atoms with E-state index < -0.39 is 5.13 Å². The van der Waals surface area contributed by atoms with Crippen LogP contribution in [0.25, 0.3) is 21.3 Å². The summed E-state index contributed by atoms with van der Waals surface area (Å²) in [6.07, 6.45) is 4.79. The van der Waals surface area contributed by atoms with Crippen LogP contribution in [0.1, 0.15) is 10.7 Å². The standard InChI is InChI=1S/C16H14FN7OS2/c1-23-12-9(13-15(23)22-11(27-13)4-8(19)2-3-18)5-21-24(16(12)25)6-10-14(17)26-7-20-10/h2-3,5,7,19H,4,6,18H2,1H3/b3-2-,19-8?. The minimum Gasteiger partial charge on any atom is -0.405 e. The molecule has 0 spiro atoms. The predicted octanol–water partition coefficient (Wildman–Crippen LogP) is 2.02. The Kier molecular flexibility index (Phi) is 4.32. The number of allylic oxidation sites excluding steroid dienone is 1. The van der Waals surface area contributed by atoms with Crippen LogP contribution in [-0.4, -0.2) is 30.0 Å². The fourth-order valence-corrected chi connectivity index (χ4v) is 4.51. The molecule has 0 unspecified atom stereocenters. The molecule has 4 aromatic heterocycles. The van der Waals surface area contributed by atoms with Crippen LogP contribution in [0.15, 0.2) is 28.8 Å². The summed E-state index contributed by atoms with van der Waals surface area (Å²) in [5, 5.41) is 13.0. The number of fused-ring (bicyclic) bond motifs is 3. The van der Waals surface area contributed by atoms with Gasteiger partial charge in [0, 0.05) is 24.6 Å². The first-order valence-electron chi connectivity index (χ1n) is 7.87. The van der Waals surface area contributed by atoms with Gasteiger partial charge in [0.05, 0.1) is 23.0 Å². The SMILES string of the molecule is Cn1c2nc(CC(=N)/C=C\N)sc2c2cnn(Cc3ncsc3F)c(=O)c21. The topological polar surface area (TPSA) is 115 Å². The van der Waals surface area contributed by atoms with Crippen LogP contribution in [0.2, 0.25) is 0 Å². The molecule has 0 aliphatic rings. The third kappa shape index (κ3) is 2.94. The smallest absolute Gasteiger partial charge is 0.291 e. The highest BCUT2D eigenvalue weighted by atomic mass is 32.1. The molecule has 0 radical (unpaired) electrons. The lowest BCUT2D eigenvalue weighted by molar-refractivity contribution is 0.582. The van der Waals surface area contributed by atoms with Crippen molar-refractivity contribution >= 4 is 49.6 Å². The van der Waals surface area contributed by atoms with Gasteiger partial charge < -0.3 is 15.7 Å². The van der Waals surface area contributed by atoms with Gasteiger partial charge in [0.1, 0.15) is 16.2 Å². The second kappa shape index (κ2) is 6.67. The van der Waals surface area contributed by atoms with Crippen molar-refractivity contribution in [3.05, 3.63) is 50.2 Å². The van der Waals surface area contributed by atoms with E-state index in [-0.39, 0.29) is 17.8 Å². The number of aromatic nitrogens is 5. The highest BCUT2D eigenvalue weighted by molar-refractivity contribution is 7.19. The average Bonchev–Trinajstić information content (AvgIpc) is 3.28. The van der Waals surface area contributed by atoms with Crippen molar-refractivity contribution < 1.29 is 4.39 Å². The van der Waals surface area contributed by atoms with Gasteiger partial charge in [-0.05, 0) is 12.3 Å². The van der Waals surface area contributed by atoms with Crippen molar-refractivity contribution in [1.82, 2.24) is 24.3 Å². The molecule has 0 saturated heterocycles. The molecule has 0 amide bonds. The molecule has 8 nitrogen and oxygen atoms in total. The van der Waals surface area contributed by atoms with Gasteiger partial charge in [-0.2, -0.15) is 9.49 Å². The maximum Gasteiger partial charge on any atom is 0.291 e. The zero-order valence-electron chi connectivity index (χ0n) is 14.1. The Labute approximate surface area is 159 Å². The van der Waals surface area contributed by atoms with E-state index in [1.807, 2.05) is 0 Å². The van der Waals surface area contributed by atoms with Crippen LogP contribution in [0, 0.1) is 10.5 Å². The molecule has 0 atom stereocenters. The van der Waals surface area contributed by atoms with E-state index in [1.165, 1.54) is 33.8 Å². The average molecular weight is 403 g/mol. The molecule has 11 heteroatoms. The van der Waals surface area contributed by atoms with E-state index in [2.05, 4.69) is 15.1 Å². The maximum atomic E-state index is 13.7. The molecular weight excluding hydrogens is 389 g/mol. The number of halogens is 1. The zero-order valence-corrected chi connectivity index (χ0v) is 15.8. The molecule has 0 aliphatic heterocycles. The van der Waals surface area contributed by atoms with Crippen LogP contribution in [0.5, 0.6) is 0 Å². The van der Waals surface area contributed by atoms with Crippen LogP contribution in [0.3, 0.4) is 0 Å². The van der Waals surface area contributed by atoms with E-state index in [1.54, 1.807) is 17.8 Å². The maximum absolute atomic E-state index is 13.7. The molecule has 0 bridgehead atoms. The predicted molar refractivity (Wildman–Crippen MR) is 104 cm³/mol. The number of aryl methyl sites for hydroxylation is 1. The summed E-state index contributed by atoms with van der Waals surface area (Å²) in [7, 11) is 1.76. The van der Waals surface area contributed by atoms with Gasteiger partial charge >= 0.3 is 0 Å². The summed E-state index contributed by atoms with van der Waals surface area (Å²) in [5.41, 5.74) is 8.04. The normalized spacial score (nSPS) is 11.9. The minimum absolute atomic E-state index is 0.0236. The molecule has 27 heavy (non-hydrogen) atoms. The first-order valence-corrected chi connectivity index (χ1v) is 9.56. The Bertz CT molecular complexity index is 1260. The van der Waals surface area contributed by atoms with Crippen molar-refractivity contribution in [2.45, 2.75) is 13.0 Å². The lowest BCUT2D eigenvalue weighted by Gasteiger charge is -2.04. The van der Waals surface area contributed by atoms with Gasteiger partial charge in [0.2, 0.25) is 5.13 Å². The fraction of sp³-hybridized carbons (Fsp3) is 0.188. The van der Waals surface area contributed by atoms with Gasteiger partial charge in [-0.15, -0.1) is 11.3 Å². The third-order valence-corrected chi connectivity index (χ3v) is 5.83. The van der Waals surface area contributed by atoms with Crippen molar-refractivity contribution in [3.8, 4) is 0 Å². The Morgan fingerprint density at radius 2 is 2.30 bits per heavy atom. The number of hydrogen-bond donors (Lipinski definition) is 2. The molecule has 4 rings (SSSR count). The largest absolute Gasteiger partial charge is 0.405 e. The molecule has 138 valence electrons. The van der Waals surface area contributed by atoms with E-state index in [4.69, 9.17) is 11.1 Å². The summed E-state index contributed by atoms with van der Waals surface area (Å²) in [5.74, 6) is 0. The van der Waals surface area contributed by atoms with Crippen molar-refractivity contribution in [2.24, 2.45) is 12.8 Å². The summed E-state index contributed by atoms with van der Waals surface area (Å²) < 4.78 is 17.4. The second-order valence-corrected chi connectivity index (χ2v) is 7.71. The number of nitrogens with two attached hydrogens (primary N) is 1. The molecule has 3 N–H and O–H groups in total.